The Labute approximate surface area is 208 Å². The minimum atomic E-state index is -0.337. The molecule has 3 aliphatic rings. The van der Waals surface area contributed by atoms with E-state index in [1.54, 1.807) is 0 Å². The number of benzene rings is 4. The Morgan fingerprint density at radius 2 is 1.28 bits per heavy atom. The van der Waals surface area contributed by atoms with Gasteiger partial charge in [-0.25, -0.2) is 0 Å². The molecule has 0 saturated carbocycles. The van der Waals surface area contributed by atoms with Crippen LogP contribution in [0.15, 0.2) is 109 Å². The fourth-order valence-corrected chi connectivity index (χ4v) is 7.26. The summed E-state index contributed by atoms with van der Waals surface area (Å²) in [5.74, 6) is 0. The maximum atomic E-state index is 4.90. The molecule has 3 aliphatic carbocycles. The van der Waals surface area contributed by atoms with E-state index in [9.17, 15) is 0 Å². The number of aromatic nitrogens is 2. The van der Waals surface area contributed by atoms with Crippen LogP contribution in [-0.4, -0.2) is 9.97 Å². The lowest BCUT2D eigenvalue weighted by atomic mass is 9.70. The molecule has 2 aromatic heterocycles. The zero-order valence-electron chi connectivity index (χ0n) is 19.5. The summed E-state index contributed by atoms with van der Waals surface area (Å²) in [6.45, 7) is 0. The van der Waals surface area contributed by atoms with Gasteiger partial charge in [-0.3, -0.25) is 9.97 Å². The van der Waals surface area contributed by atoms with Crippen molar-refractivity contribution >= 4 is 10.9 Å². The summed E-state index contributed by atoms with van der Waals surface area (Å²) < 4.78 is 0. The first kappa shape index (κ1) is 18.7. The number of fused-ring (bicyclic) bond motifs is 15. The molecule has 4 aromatic carbocycles. The van der Waals surface area contributed by atoms with Crippen LogP contribution in [0.4, 0.5) is 0 Å². The molecule has 2 heterocycles. The highest BCUT2D eigenvalue weighted by molar-refractivity contribution is 5.98. The van der Waals surface area contributed by atoms with Gasteiger partial charge in [-0.2, -0.15) is 0 Å². The first-order chi connectivity index (χ1) is 17.9. The van der Waals surface area contributed by atoms with Gasteiger partial charge in [0.25, 0.3) is 0 Å². The van der Waals surface area contributed by atoms with Gasteiger partial charge in [-0.1, -0.05) is 78.9 Å². The van der Waals surface area contributed by atoms with E-state index < -0.39 is 0 Å². The predicted octanol–water partition coefficient (Wildman–Crippen LogP) is 7.54. The van der Waals surface area contributed by atoms with Crippen molar-refractivity contribution < 1.29 is 0 Å². The Morgan fingerprint density at radius 1 is 0.528 bits per heavy atom. The van der Waals surface area contributed by atoms with Gasteiger partial charge in [0.15, 0.2) is 0 Å². The van der Waals surface area contributed by atoms with E-state index in [1.807, 2.05) is 18.5 Å². The van der Waals surface area contributed by atoms with E-state index in [0.29, 0.717) is 0 Å². The van der Waals surface area contributed by atoms with Gasteiger partial charge in [-0.05, 0) is 73.8 Å². The standard InChI is InChI=1S/C34H20N2/c1-3-10-28-23(8-1)26-19-25-21(17-27-22(25)14-13-20-7-5-15-35-32(20)27)18-31(26)34(28)29-11-4-2-9-24(29)33-30(34)12-6-16-36-33/h1-16,18-19H,17H2. The van der Waals surface area contributed by atoms with Crippen LogP contribution in [0.2, 0.25) is 0 Å². The third-order valence-corrected chi connectivity index (χ3v) is 8.60. The van der Waals surface area contributed by atoms with E-state index >= 15 is 0 Å². The van der Waals surface area contributed by atoms with Crippen molar-refractivity contribution in [1.82, 2.24) is 9.97 Å². The Morgan fingerprint density at radius 3 is 2.19 bits per heavy atom. The SMILES string of the molecule is c1ccc2c(c1)-c1cc3c(cc1C21c2ccccc2-c2ncccc21)Cc1c-3ccc2cccnc12. The minimum Gasteiger partial charge on any atom is -0.256 e. The van der Waals surface area contributed by atoms with Gasteiger partial charge in [0, 0.05) is 29.8 Å². The van der Waals surface area contributed by atoms with E-state index in [-0.39, 0.29) is 5.41 Å². The third-order valence-electron chi connectivity index (χ3n) is 8.60. The van der Waals surface area contributed by atoms with Crippen LogP contribution in [-0.2, 0) is 11.8 Å². The van der Waals surface area contributed by atoms with Crippen LogP contribution in [0, 0.1) is 0 Å². The van der Waals surface area contributed by atoms with E-state index in [0.717, 1.165) is 17.6 Å². The second-order valence-electron chi connectivity index (χ2n) is 10.1. The lowest BCUT2D eigenvalue weighted by Crippen LogP contribution is -2.26. The highest BCUT2D eigenvalue weighted by Gasteiger charge is 2.52. The molecule has 166 valence electrons. The van der Waals surface area contributed by atoms with Crippen LogP contribution >= 0.6 is 0 Å². The highest BCUT2D eigenvalue weighted by Crippen LogP contribution is 2.63. The molecule has 2 heteroatoms. The Kier molecular flexibility index (Phi) is 3.31. The molecule has 0 bridgehead atoms. The lowest BCUT2D eigenvalue weighted by Gasteiger charge is -2.30. The Hall–Kier alpha value is -4.56. The van der Waals surface area contributed by atoms with Gasteiger partial charge in [0.1, 0.15) is 0 Å². The molecule has 9 rings (SSSR count). The van der Waals surface area contributed by atoms with Crippen molar-refractivity contribution in [3.05, 3.63) is 143 Å². The monoisotopic (exact) mass is 456 g/mol. The number of hydrogen-bond acceptors (Lipinski definition) is 2. The first-order valence-corrected chi connectivity index (χ1v) is 12.6. The van der Waals surface area contributed by atoms with Gasteiger partial charge in [0.05, 0.1) is 16.6 Å². The van der Waals surface area contributed by atoms with Crippen molar-refractivity contribution in [1.29, 1.82) is 0 Å². The second-order valence-corrected chi connectivity index (χ2v) is 10.1. The van der Waals surface area contributed by atoms with Crippen molar-refractivity contribution in [3.63, 3.8) is 0 Å². The molecule has 6 aromatic rings. The summed E-state index contributed by atoms with van der Waals surface area (Å²) >= 11 is 0. The topological polar surface area (TPSA) is 25.8 Å². The summed E-state index contributed by atoms with van der Waals surface area (Å²) in [4.78, 5) is 9.67. The molecule has 1 unspecified atom stereocenters. The van der Waals surface area contributed by atoms with Crippen molar-refractivity contribution in [2.45, 2.75) is 11.8 Å². The van der Waals surface area contributed by atoms with E-state index in [4.69, 9.17) is 9.97 Å². The molecule has 0 aliphatic heterocycles. The molecular weight excluding hydrogens is 436 g/mol. The molecule has 0 saturated heterocycles. The summed E-state index contributed by atoms with van der Waals surface area (Å²) in [5, 5.41) is 1.21. The van der Waals surface area contributed by atoms with Gasteiger partial charge in [-0.15, -0.1) is 0 Å². The molecule has 0 N–H and O–H groups in total. The molecule has 0 fully saturated rings. The minimum absolute atomic E-state index is 0.337. The Bertz CT molecular complexity index is 1890. The van der Waals surface area contributed by atoms with Crippen LogP contribution in [0.5, 0.6) is 0 Å². The zero-order valence-corrected chi connectivity index (χ0v) is 19.5. The fraction of sp³-hybridized carbons (Fsp3) is 0.0588. The van der Waals surface area contributed by atoms with Gasteiger partial charge < -0.3 is 0 Å². The average Bonchev–Trinajstić information content (AvgIpc) is 3.56. The normalized spacial score (nSPS) is 17.4. The van der Waals surface area contributed by atoms with Crippen LogP contribution < -0.4 is 0 Å². The van der Waals surface area contributed by atoms with Crippen LogP contribution in [0.3, 0.4) is 0 Å². The Balaban J connectivity index is 1.40. The van der Waals surface area contributed by atoms with Crippen molar-refractivity contribution in [2.75, 3.05) is 0 Å². The first-order valence-electron chi connectivity index (χ1n) is 12.6. The van der Waals surface area contributed by atoms with Crippen molar-refractivity contribution in [2.24, 2.45) is 0 Å². The zero-order chi connectivity index (χ0) is 23.4. The van der Waals surface area contributed by atoms with E-state index in [1.165, 1.54) is 66.6 Å². The maximum Gasteiger partial charge on any atom is 0.0753 e. The molecule has 36 heavy (non-hydrogen) atoms. The molecule has 2 nitrogen and oxygen atoms in total. The van der Waals surface area contributed by atoms with Crippen LogP contribution in [0.25, 0.3) is 44.4 Å². The summed E-state index contributed by atoms with van der Waals surface area (Å²) in [6.07, 6.45) is 4.75. The maximum absolute atomic E-state index is 4.90. The summed E-state index contributed by atoms with van der Waals surface area (Å²) in [7, 11) is 0. The van der Waals surface area contributed by atoms with Crippen molar-refractivity contribution in [3.8, 4) is 33.5 Å². The second kappa shape index (κ2) is 6.35. The van der Waals surface area contributed by atoms with Gasteiger partial charge >= 0.3 is 0 Å². The van der Waals surface area contributed by atoms with Gasteiger partial charge in [0.2, 0.25) is 0 Å². The largest absolute Gasteiger partial charge is 0.256 e. The van der Waals surface area contributed by atoms with Crippen LogP contribution in [0.1, 0.15) is 33.4 Å². The average molecular weight is 457 g/mol. The fourth-order valence-electron chi connectivity index (χ4n) is 7.26. The summed E-state index contributed by atoms with van der Waals surface area (Å²) in [5.41, 5.74) is 16.6. The molecule has 1 spiro atoms. The number of nitrogens with zero attached hydrogens (tertiary/aromatic N) is 2. The molecule has 0 radical (unpaired) electrons. The number of hydrogen-bond donors (Lipinski definition) is 0. The summed E-state index contributed by atoms with van der Waals surface area (Å²) in [6, 6.07) is 35.8. The molecule has 1 atom stereocenters. The number of pyridine rings is 2. The predicted molar refractivity (Wildman–Crippen MR) is 144 cm³/mol. The quantitative estimate of drug-likeness (QED) is 0.235. The van der Waals surface area contributed by atoms with E-state index in [2.05, 4.69) is 91.0 Å². The number of rotatable bonds is 0. The molecular formula is C34H20N2. The lowest BCUT2D eigenvalue weighted by molar-refractivity contribution is 0.790. The smallest absolute Gasteiger partial charge is 0.0753 e. The molecule has 0 amide bonds. The highest BCUT2D eigenvalue weighted by atomic mass is 14.7. The third kappa shape index (κ3) is 2.02.